The highest BCUT2D eigenvalue weighted by molar-refractivity contribution is 5.99. The summed E-state index contributed by atoms with van der Waals surface area (Å²) < 4.78 is 14.6. The molecular formula is C22H28FN5O2. The van der Waals surface area contributed by atoms with Crippen molar-refractivity contribution in [1.29, 1.82) is 5.26 Å². The number of pyridine rings is 1. The van der Waals surface area contributed by atoms with Crippen molar-refractivity contribution < 1.29 is 14.0 Å². The van der Waals surface area contributed by atoms with E-state index in [0.717, 1.165) is 11.1 Å². The molecule has 2 aromatic heterocycles. The van der Waals surface area contributed by atoms with Crippen molar-refractivity contribution >= 4 is 22.8 Å². The van der Waals surface area contributed by atoms with Crippen LogP contribution in [0.3, 0.4) is 0 Å². The van der Waals surface area contributed by atoms with Gasteiger partial charge in [-0.3, -0.25) is 9.59 Å². The first kappa shape index (κ1) is 21.8. The Hall–Kier alpha value is -2.95. The van der Waals surface area contributed by atoms with E-state index in [4.69, 9.17) is 0 Å². The Labute approximate surface area is 175 Å². The smallest absolute Gasteiger partial charge is 0.270 e. The van der Waals surface area contributed by atoms with E-state index in [9.17, 15) is 19.2 Å². The van der Waals surface area contributed by atoms with Crippen LogP contribution >= 0.6 is 0 Å². The molecule has 160 valence electrons. The molecule has 1 aliphatic heterocycles. The van der Waals surface area contributed by atoms with Gasteiger partial charge in [0.2, 0.25) is 5.91 Å². The Bertz CT molecular complexity index is 1000. The van der Waals surface area contributed by atoms with Crippen LogP contribution in [-0.4, -0.2) is 62.9 Å². The van der Waals surface area contributed by atoms with E-state index in [1.165, 1.54) is 30.7 Å². The molecule has 0 radical (unpaired) electrons. The number of nitriles is 1. The van der Waals surface area contributed by atoms with Crippen LogP contribution in [0, 0.1) is 24.2 Å². The predicted molar refractivity (Wildman–Crippen MR) is 111 cm³/mol. The third kappa shape index (κ3) is 4.45. The first-order valence-electron chi connectivity index (χ1n) is 10.1. The van der Waals surface area contributed by atoms with Gasteiger partial charge in [-0.2, -0.15) is 5.26 Å². The number of aryl methyl sites for hydroxylation is 1. The van der Waals surface area contributed by atoms with Crippen molar-refractivity contribution in [3.05, 3.63) is 29.6 Å². The topological polar surface area (TPSA) is 93.1 Å². The first-order valence-corrected chi connectivity index (χ1v) is 10.1. The molecule has 8 heteroatoms. The molecule has 0 saturated carbocycles. The quantitative estimate of drug-likeness (QED) is 0.815. The second-order valence-corrected chi connectivity index (χ2v) is 8.90. The first-order chi connectivity index (χ1) is 14.0. The van der Waals surface area contributed by atoms with Crippen molar-refractivity contribution in [3.63, 3.8) is 0 Å². The Morgan fingerprint density at radius 3 is 2.80 bits per heavy atom. The summed E-state index contributed by atoms with van der Waals surface area (Å²) in [6, 6.07) is 5.98. The van der Waals surface area contributed by atoms with E-state index in [2.05, 4.69) is 16.0 Å². The molecule has 3 unspecified atom stereocenters. The summed E-state index contributed by atoms with van der Waals surface area (Å²) in [5.41, 5.74) is 0.0150. The summed E-state index contributed by atoms with van der Waals surface area (Å²) in [6.45, 7) is 7.03. The average molecular weight is 413 g/mol. The zero-order valence-electron chi connectivity index (χ0n) is 18.1. The average Bonchev–Trinajstić information content (AvgIpc) is 3.26. The minimum absolute atomic E-state index is 0.158. The van der Waals surface area contributed by atoms with E-state index in [1.807, 2.05) is 26.0 Å². The summed E-state index contributed by atoms with van der Waals surface area (Å²) in [4.78, 5) is 36.6. The van der Waals surface area contributed by atoms with Crippen molar-refractivity contribution in [2.75, 3.05) is 13.6 Å². The number of hydrogen-bond acceptors (Lipinski definition) is 4. The summed E-state index contributed by atoms with van der Waals surface area (Å²) in [5, 5.41) is 10.2. The fourth-order valence-corrected chi connectivity index (χ4v) is 4.00. The van der Waals surface area contributed by atoms with E-state index in [0.29, 0.717) is 18.6 Å². The number of aromatic nitrogens is 2. The molecule has 3 atom stereocenters. The highest BCUT2D eigenvalue weighted by Gasteiger charge is 2.41. The number of carbonyl (C=O) groups is 2. The molecule has 3 rings (SSSR count). The number of rotatable bonds is 5. The van der Waals surface area contributed by atoms with Gasteiger partial charge < -0.3 is 14.8 Å². The Balaban J connectivity index is 1.91. The van der Waals surface area contributed by atoms with Gasteiger partial charge in [-0.15, -0.1) is 0 Å². The van der Waals surface area contributed by atoms with Crippen LogP contribution < -0.4 is 0 Å². The molecule has 1 aliphatic rings. The van der Waals surface area contributed by atoms with E-state index >= 15 is 0 Å². The minimum atomic E-state index is -1.67. The second kappa shape index (κ2) is 8.05. The number of nitrogens with zero attached hydrogens (tertiary/aromatic N) is 4. The third-order valence-electron chi connectivity index (χ3n) is 5.54. The highest BCUT2D eigenvalue weighted by atomic mass is 19.1. The number of fused-ring (bicyclic) bond motifs is 1. The maximum Gasteiger partial charge on any atom is 0.270 e. The van der Waals surface area contributed by atoms with Crippen molar-refractivity contribution in [2.24, 2.45) is 5.92 Å². The number of amides is 2. The lowest BCUT2D eigenvalue weighted by molar-refractivity contribution is -0.137. The lowest BCUT2D eigenvalue weighted by Gasteiger charge is -2.34. The molecule has 1 saturated heterocycles. The maximum absolute atomic E-state index is 14.6. The van der Waals surface area contributed by atoms with Crippen LogP contribution in [0.5, 0.6) is 0 Å². The van der Waals surface area contributed by atoms with Gasteiger partial charge >= 0.3 is 0 Å². The second-order valence-electron chi connectivity index (χ2n) is 8.90. The van der Waals surface area contributed by atoms with Gasteiger partial charge in [0.15, 0.2) is 0 Å². The van der Waals surface area contributed by atoms with Gasteiger partial charge in [-0.1, -0.05) is 6.92 Å². The molecule has 0 aromatic carbocycles. The molecule has 0 bridgehead atoms. The summed E-state index contributed by atoms with van der Waals surface area (Å²) >= 11 is 0. The lowest BCUT2D eigenvalue weighted by atomic mass is 9.98. The van der Waals surface area contributed by atoms with Gasteiger partial charge in [-0.05, 0) is 51.3 Å². The van der Waals surface area contributed by atoms with Crippen LogP contribution in [-0.2, 0) is 4.79 Å². The largest absolute Gasteiger partial charge is 0.335 e. The SMILES string of the molecule is Cc1ccc2cc(C(=O)N(C)C(CC(C)(C)F)C(=O)N3CC(C)CC3C#N)[nH]c2n1. The van der Waals surface area contributed by atoms with Gasteiger partial charge in [0.25, 0.3) is 5.91 Å². The summed E-state index contributed by atoms with van der Waals surface area (Å²) in [6.07, 6.45) is 0.424. The number of nitrogens with one attached hydrogen (secondary N) is 1. The van der Waals surface area contributed by atoms with Crippen LogP contribution in [0.15, 0.2) is 18.2 Å². The van der Waals surface area contributed by atoms with Crippen LogP contribution in [0.4, 0.5) is 4.39 Å². The maximum atomic E-state index is 14.6. The zero-order valence-corrected chi connectivity index (χ0v) is 18.1. The van der Waals surface area contributed by atoms with Crippen molar-refractivity contribution in [3.8, 4) is 6.07 Å². The number of likely N-dealkylation sites (N-methyl/N-ethyl adjacent to an activating group) is 1. The predicted octanol–water partition coefficient (Wildman–Crippen LogP) is 3.21. The fraction of sp³-hybridized carbons (Fsp3) is 0.545. The third-order valence-corrected chi connectivity index (χ3v) is 5.54. The van der Waals surface area contributed by atoms with Gasteiger partial charge in [0.1, 0.15) is 29.1 Å². The molecule has 1 fully saturated rings. The zero-order chi connectivity index (χ0) is 22.2. The number of likely N-dealkylation sites (tertiary alicyclic amines) is 1. The minimum Gasteiger partial charge on any atom is -0.335 e. The number of aromatic amines is 1. The van der Waals surface area contributed by atoms with Gasteiger partial charge in [0.05, 0.1) is 6.07 Å². The van der Waals surface area contributed by atoms with Crippen LogP contribution in [0.2, 0.25) is 0 Å². The van der Waals surface area contributed by atoms with E-state index in [1.54, 1.807) is 6.07 Å². The molecule has 2 amide bonds. The van der Waals surface area contributed by atoms with E-state index in [-0.39, 0.29) is 18.0 Å². The number of hydrogen-bond donors (Lipinski definition) is 1. The Kier molecular flexibility index (Phi) is 5.84. The molecule has 2 aromatic rings. The number of alkyl halides is 1. The van der Waals surface area contributed by atoms with E-state index < -0.39 is 29.6 Å². The molecular weight excluding hydrogens is 385 g/mol. The molecule has 7 nitrogen and oxygen atoms in total. The number of halogens is 1. The lowest BCUT2D eigenvalue weighted by Crippen LogP contribution is -2.52. The number of carbonyl (C=O) groups excluding carboxylic acids is 2. The summed E-state index contributed by atoms with van der Waals surface area (Å²) in [5.74, 6) is -0.631. The molecule has 0 aliphatic carbocycles. The van der Waals surface area contributed by atoms with Crippen molar-refractivity contribution in [1.82, 2.24) is 19.8 Å². The normalized spacial score (nSPS) is 20.2. The highest BCUT2D eigenvalue weighted by Crippen LogP contribution is 2.28. The molecule has 30 heavy (non-hydrogen) atoms. The van der Waals surface area contributed by atoms with Gasteiger partial charge in [-0.25, -0.2) is 9.37 Å². The molecule has 1 N–H and O–H groups in total. The monoisotopic (exact) mass is 413 g/mol. The number of H-pyrrole nitrogens is 1. The molecule has 3 heterocycles. The fourth-order valence-electron chi connectivity index (χ4n) is 4.00. The summed E-state index contributed by atoms with van der Waals surface area (Å²) in [7, 11) is 1.50. The standard InChI is InChI=1S/C22H28FN5O2/c1-13-8-16(11-24)28(12-13)21(30)18(10-22(3,4)23)27(5)20(29)17-9-15-7-6-14(2)25-19(15)26-17/h6-7,9,13,16,18H,8,10,12H2,1-5H3,(H,25,26). The van der Waals surface area contributed by atoms with Crippen LogP contribution in [0.25, 0.3) is 11.0 Å². The van der Waals surface area contributed by atoms with Gasteiger partial charge in [0, 0.05) is 31.1 Å². The molecule has 0 spiro atoms. The van der Waals surface area contributed by atoms with Crippen LogP contribution in [0.1, 0.15) is 49.8 Å². The Morgan fingerprint density at radius 1 is 1.47 bits per heavy atom. The Morgan fingerprint density at radius 2 is 2.17 bits per heavy atom. The van der Waals surface area contributed by atoms with Crippen molar-refractivity contribution in [2.45, 2.75) is 58.3 Å².